The third-order valence-electron chi connectivity index (χ3n) is 5.39. The summed E-state index contributed by atoms with van der Waals surface area (Å²) >= 11 is 5.94. The van der Waals surface area contributed by atoms with Gasteiger partial charge in [0.2, 0.25) is 5.78 Å². The molecule has 0 spiro atoms. The number of halogens is 1. The van der Waals surface area contributed by atoms with Crippen molar-refractivity contribution in [2.75, 3.05) is 16.7 Å². The third-order valence-corrected chi connectivity index (χ3v) is 7.03. The molecular formula is C26H20ClN3O5S. The van der Waals surface area contributed by atoms with Gasteiger partial charge in [0, 0.05) is 23.3 Å². The van der Waals surface area contributed by atoms with E-state index in [4.69, 9.17) is 11.6 Å². The van der Waals surface area contributed by atoms with Crippen molar-refractivity contribution in [1.82, 2.24) is 4.98 Å². The zero-order chi connectivity index (χ0) is 25.9. The first-order chi connectivity index (χ1) is 17.2. The maximum atomic E-state index is 13.0. The lowest BCUT2D eigenvalue weighted by Gasteiger charge is -2.19. The summed E-state index contributed by atoms with van der Waals surface area (Å²) in [6.45, 7) is 0. The van der Waals surface area contributed by atoms with Crippen LogP contribution in [0.2, 0.25) is 5.02 Å². The second kappa shape index (κ2) is 10.2. The molecule has 10 heteroatoms. The molecule has 3 aromatic carbocycles. The highest BCUT2D eigenvalue weighted by Crippen LogP contribution is 2.26. The Bertz CT molecular complexity index is 1520. The average molecular weight is 522 g/mol. The zero-order valence-corrected chi connectivity index (χ0v) is 20.5. The molecule has 0 aliphatic heterocycles. The number of sulfonamides is 1. The van der Waals surface area contributed by atoms with E-state index in [1.165, 1.54) is 36.5 Å². The lowest BCUT2D eigenvalue weighted by atomic mass is 10.0. The lowest BCUT2D eigenvalue weighted by Crippen LogP contribution is -2.16. The van der Waals surface area contributed by atoms with Crippen LogP contribution in [0.1, 0.15) is 26.4 Å². The predicted molar refractivity (Wildman–Crippen MR) is 138 cm³/mol. The third kappa shape index (κ3) is 5.37. The minimum Gasteiger partial charge on any atom is -0.478 e. The minimum absolute atomic E-state index is 0.0191. The lowest BCUT2D eigenvalue weighted by molar-refractivity contribution is 0.0698. The van der Waals surface area contributed by atoms with Gasteiger partial charge in [-0.3, -0.25) is 14.5 Å². The number of nitrogens with one attached hydrogen (secondary N) is 1. The van der Waals surface area contributed by atoms with Crippen molar-refractivity contribution >= 4 is 50.4 Å². The molecule has 0 aliphatic carbocycles. The Kier molecular flexibility index (Phi) is 7.05. The van der Waals surface area contributed by atoms with Crippen LogP contribution in [0.5, 0.6) is 0 Å². The summed E-state index contributed by atoms with van der Waals surface area (Å²) in [7, 11) is -2.17. The monoisotopic (exact) mass is 521 g/mol. The number of hydrogen-bond acceptors (Lipinski definition) is 6. The van der Waals surface area contributed by atoms with Crippen molar-refractivity contribution in [2.24, 2.45) is 0 Å². The molecule has 0 radical (unpaired) electrons. The molecule has 0 unspecified atom stereocenters. The number of aromatic nitrogens is 1. The molecule has 36 heavy (non-hydrogen) atoms. The van der Waals surface area contributed by atoms with Crippen LogP contribution in [-0.4, -0.2) is 37.3 Å². The molecule has 0 saturated carbocycles. The van der Waals surface area contributed by atoms with E-state index in [2.05, 4.69) is 9.71 Å². The molecule has 4 aromatic rings. The smallest absolute Gasteiger partial charge is 0.337 e. The van der Waals surface area contributed by atoms with Crippen molar-refractivity contribution < 1.29 is 23.1 Å². The van der Waals surface area contributed by atoms with Gasteiger partial charge >= 0.3 is 5.97 Å². The topological polar surface area (TPSA) is 117 Å². The minimum atomic E-state index is -4.02. The summed E-state index contributed by atoms with van der Waals surface area (Å²) in [5.74, 6) is -1.89. The molecule has 0 fully saturated rings. The summed E-state index contributed by atoms with van der Waals surface area (Å²) < 4.78 is 27.5. The van der Waals surface area contributed by atoms with Crippen molar-refractivity contribution in [1.29, 1.82) is 0 Å². The maximum absolute atomic E-state index is 13.0. The van der Waals surface area contributed by atoms with Gasteiger partial charge in [-0.2, -0.15) is 0 Å². The van der Waals surface area contributed by atoms with Gasteiger partial charge < -0.3 is 10.0 Å². The molecule has 4 rings (SSSR count). The normalized spacial score (nSPS) is 11.1. The number of carbonyl (C=O) groups is 2. The molecular weight excluding hydrogens is 502 g/mol. The van der Waals surface area contributed by atoms with Gasteiger partial charge in [-0.15, -0.1) is 0 Å². The molecule has 1 aromatic heterocycles. The fraction of sp³-hybridized carbons (Fsp3) is 0.0385. The Morgan fingerprint density at radius 3 is 2.19 bits per heavy atom. The SMILES string of the molecule is CN(c1ccc(Cl)cc1)c1ccc(C(=O)c2ccc(NS(=O)(=O)c3ccccc3)c(C(=O)O)c2)nc1. The van der Waals surface area contributed by atoms with Gasteiger partial charge in [0.15, 0.2) is 0 Å². The summed E-state index contributed by atoms with van der Waals surface area (Å²) in [5.41, 5.74) is 1.25. The second-order valence-electron chi connectivity index (χ2n) is 7.75. The molecule has 0 aliphatic rings. The van der Waals surface area contributed by atoms with Gasteiger partial charge in [0.25, 0.3) is 10.0 Å². The second-order valence-corrected chi connectivity index (χ2v) is 9.87. The standard InChI is InChI=1S/C26H20ClN3O5S/c1-30(19-10-8-18(27)9-11-19)20-12-14-24(28-16-20)25(31)17-7-13-23(22(15-17)26(32)33)29-36(34,35)21-5-3-2-4-6-21/h2-16,29H,1H3,(H,32,33). The Balaban J connectivity index is 1.58. The Morgan fingerprint density at radius 2 is 1.58 bits per heavy atom. The van der Waals surface area contributed by atoms with Crippen molar-refractivity contribution in [2.45, 2.75) is 4.90 Å². The number of carboxylic acids is 1. The Labute approximate surface area is 212 Å². The highest BCUT2D eigenvalue weighted by Gasteiger charge is 2.21. The number of anilines is 3. The zero-order valence-electron chi connectivity index (χ0n) is 18.9. The molecule has 0 amide bonds. The van der Waals surface area contributed by atoms with Crippen molar-refractivity contribution in [3.63, 3.8) is 0 Å². The van der Waals surface area contributed by atoms with E-state index in [9.17, 15) is 23.1 Å². The first-order valence-corrected chi connectivity index (χ1v) is 12.5. The van der Waals surface area contributed by atoms with E-state index in [1.807, 2.05) is 24.1 Å². The molecule has 2 N–H and O–H groups in total. The van der Waals surface area contributed by atoms with Crippen molar-refractivity contribution in [3.05, 3.63) is 113 Å². The van der Waals surface area contributed by atoms with Crippen LogP contribution in [-0.2, 0) is 10.0 Å². The number of benzene rings is 3. The first-order valence-electron chi connectivity index (χ1n) is 10.6. The molecule has 8 nitrogen and oxygen atoms in total. The van der Waals surface area contributed by atoms with Crippen molar-refractivity contribution in [3.8, 4) is 0 Å². The van der Waals surface area contributed by atoms with Crippen LogP contribution in [0.15, 0.2) is 96.0 Å². The highest BCUT2D eigenvalue weighted by atomic mass is 35.5. The van der Waals surface area contributed by atoms with Crippen LogP contribution in [0, 0.1) is 0 Å². The number of nitrogens with zero attached hydrogens (tertiary/aromatic N) is 2. The summed E-state index contributed by atoms with van der Waals surface area (Å²) in [6, 6.07) is 21.8. The summed E-state index contributed by atoms with van der Waals surface area (Å²) in [5, 5.41) is 10.3. The Morgan fingerprint density at radius 1 is 0.917 bits per heavy atom. The van der Waals surface area contributed by atoms with Crippen LogP contribution >= 0.6 is 11.6 Å². The number of carboxylic acid groups (broad SMARTS) is 1. The molecule has 182 valence electrons. The van der Waals surface area contributed by atoms with Gasteiger partial charge in [-0.1, -0.05) is 29.8 Å². The molecule has 0 bridgehead atoms. The van der Waals surface area contributed by atoms with Crippen LogP contribution in [0.25, 0.3) is 0 Å². The number of hydrogen-bond donors (Lipinski definition) is 2. The van der Waals surface area contributed by atoms with E-state index in [0.29, 0.717) is 5.02 Å². The molecule has 1 heterocycles. The van der Waals surface area contributed by atoms with Gasteiger partial charge in [0.1, 0.15) is 5.69 Å². The molecule has 0 saturated heterocycles. The number of ketones is 1. The largest absolute Gasteiger partial charge is 0.478 e. The number of aromatic carboxylic acids is 1. The average Bonchev–Trinajstić information content (AvgIpc) is 2.89. The van der Waals surface area contributed by atoms with E-state index in [1.54, 1.807) is 36.4 Å². The van der Waals surface area contributed by atoms with E-state index < -0.39 is 21.8 Å². The van der Waals surface area contributed by atoms with Crippen LogP contribution in [0.3, 0.4) is 0 Å². The van der Waals surface area contributed by atoms with Gasteiger partial charge in [-0.05, 0) is 66.7 Å². The van der Waals surface area contributed by atoms with Crippen LogP contribution in [0.4, 0.5) is 17.1 Å². The predicted octanol–water partition coefficient (Wildman–Crippen LogP) is 5.23. The molecule has 0 atom stereocenters. The van der Waals surface area contributed by atoms with Gasteiger partial charge in [-0.25, -0.2) is 13.2 Å². The van der Waals surface area contributed by atoms with Gasteiger partial charge in [0.05, 0.1) is 28.0 Å². The summed E-state index contributed by atoms with van der Waals surface area (Å²) in [4.78, 5) is 30.9. The number of pyridine rings is 1. The van der Waals surface area contributed by atoms with E-state index in [0.717, 1.165) is 17.4 Å². The number of rotatable bonds is 8. The first kappa shape index (κ1) is 24.9. The Hall–Kier alpha value is -4.21. The maximum Gasteiger partial charge on any atom is 0.337 e. The highest BCUT2D eigenvalue weighted by molar-refractivity contribution is 7.92. The number of carbonyl (C=O) groups excluding carboxylic acids is 1. The fourth-order valence-electron chi connectivity index (χ4n) is 3.44. The van der Waals surface area contributed by atoms with Crippen LogP contribution < -0.4 is 9.62 Å². The quantitative estimate of drug-likeness (QED) is 0.305. The summed E-state index contributed by atoms with van der Waals surface area (Å²) in [6.07, 6.45) is 1.53. The fourth-order valence-corrected chi connectivity index (χ4v) is 4.66. The van der Waals surface area contributed by atoms with E-state index >= 15 is 0 Å². The van der Waals surface area contributed by atoms with E-state index in [-0.39, 0.29) is 27.4 Å².